The molecule has 0 unspecified atom stereocenters. The Morgan fingerprint density at radius 2 is 2.16 bits per heavy atom. The summed E-state index contributed by atoms with van der Waals surface area (Å²) in [6.07, 6.45) is 2.07. The predicted octanol–water partition coefficient (Wildman–Crippen LogP) is 3.78. The molecule has 0 amide bonds. The molecule has 0 N–H and O–H groups in total. The van der Waals surface area contributed by atoms with Crippen molar-refractivity contribution in [2.45, 2.75) is 31.9 Å². The zero-order valence-electron chi connectivity index (χ0n) is 11.2. The summed E-state index contributed by atoms with van der Waals surface area (Å²) in [5.41, 5.74) is 0. The van der Waals surface area contributed by atoms with Gasteiger partial charge in [0.2, 0.25) is 0 Å². The maximum absolute atomic E-state index is 13.1. The second-order valence-electron chi connectivity index (χ2n) is 4.86. The monoisotopic (exact) mass is 305 g/mol. The number of ether oxygens (including phenoxy) is 1. The molecule has 0 saturated heterocycles. The van der Waals surface area contributed by atoms with E-state index in [4.69, 9.17) is 16.3 Å². The predicted molar refractivity (Wildman–Crippen MR) is 77.9 cm³/mol. The van der Waals surface area contributed by atoms with E-state index in [2.05, 4.69) is 4.40 Å². The fraction of sp³-hybridized carbons (Fsp3) is 0.462. The molecule has 0 aromatic heterocycles. The van der Waals surface area contributed by atoms with E-state index < -0.39 is 17.2 Å². The van der Waals surface area contributed by atoms with Gasteiger partial charge in [-0.15, -0.1) is 0 Å². The van der Waals surface area contributed by atoms with Crippen molar-refractivity contribution in [3.05, 3.63) is 29.0 Å². The number of hydrogen-bond donors (Lipinski definition) is 0. The standard InChI is InChI=1S/C13H17ClFNO2S/c1-13(2,3)19(17)16-7-4-8-18-10-5-6-11(14)12(15)9-10/h5-7,9H,4,8H2,1-3H3/b16-7+/t19-/m0/s1. The van der Waals surface area contributed by atoms with Crippen molar-refractivity contribution in [2.75, 3.05) is 6.61 Å². The maximum atomic E-state index is 13.1. The van der Waals surface area contributed by atoms with E-state index >= 15 is 0 Å². The highest BCUT2D eigenvalue weighted by Gasteiger charge is 2.25. The summed E-state index contributed by atoms with van der Waals surface area (Å²) in [7, 11) is 0. The molecule has 1 atom stereocenters. The van der Waals surface area contributed by atoms with Crippen LogP contribution >= 0.6 is 11.6 Å². The fourth-order valence-corrected chi connectivity index (χ4v) is 1.75. The van der Waals surface area contributed by atoms with Crippen LogP contribution in [0.2, 0.25) is 5.02 Å². The first kappa shape index (κ1) is 16.3. The van der Waals surface area contributed by atoms with Gasteiger partial charge in [0.25, 0.3) is 0 Å². The van der Waals surface area contributed by atoms with Crippen molar-refractivity contribution in [2.24, 2.45) is 4.40 Å². The number of halogens is 2. The lowest BCUT2D eigenvalue weighted by Gasteiger charge is -2.17. The molecule has 106 valence electrons. The average molecular weight is 306 g/mol. The summed E-state index contributed by atoms with van der Waals surface area (Å²) in [4.78, 5) is 0. The SMILES string of the molecule is CC(C)(C)[S@+]([O-])/N=C/CCOc1ccc(Cl)c(F)c1. The van der Waals surface area contributed by atoms with E-state index in [0.29, 0.717) is 18.8 Å². The molecule has 1 rings (SSSR count). The van der Waals surface area contributed by atoms with Crippen molar-refractivity contribution < 1.29 is 13.7 Å². The van der Waals surface area contributed by atoms with Gasteiger partial charge in [0, 0.05) is 12.5 Å². The summed E-state index contributed by atoms with van der Waals surface area (Å²) < 4.78 is 33.6. The second kappa shape index (κ2) is 7.12. The van der Waals surface area contributed by atoms with E-state index in [1.807, 2.05) is 20.8 Å². The number of benzene rings is 1. The Morgan fingerprint density at radius 3 is 2.74 bits per heavy atom. The van der Waals surface area contributed by atoms with Gasteiger partial charge in [-0.2, -0.15) is 0 Å². The van der Waals surface area contributed by atoms with Crippen LogP contribution in [0, 0.1) is 5.82 Å². The largest absolute Gasteiger partial charge is 0.591 e. The van der Waals surface area contributed by atoms with Crippen LogP contribution in [0.3, 0.4) is 0 Å². The van der Waals surface area contributed by atoms with Crippen molar-refractivity contribution in [1.82, 2.24) is 0 Å². The van der Waals surface area contributed by atoms with E-state index in [1.165, 1.54) is 12.1 Å². The summed E-state index contributed by atoms with van der Waals surface area (Å²) in [6.45, 7) is 5.90. The van der Waals surface area contributed by atoms with Gasteiger partial charge in [-0.1, -0.05) is 16.0 Å². The molecule has 6 heteroatoms. The molecule has 3 nitrogen and oxygen atoms in total. The molecule has 1 aromatic rings. The van der Waals surface area contributed by atoms with E-state index in [0.717, 1.165) is 0 Å². The van der Waals surface area contributed by atoms with Crippen molar-refractivity contribution in [3.8, 4) is 5.75 Å². The van der Waals surface area contributed by atoms with Crippen LogP contribution in [-0.4, -0.2) is 22.1 Å². The third-order valence-electron chi connectivity index (χ3n) is 2.10. The molecule has 0 fully saturated rings. The Bertz CT molecular complexity index is 449. The Morgan fingerprint density at radius 1 is 1.47 bits per heavy atom. The van der Waals surface area contributed by atoms with Gasteiger partial charge in [0.1, 0.15) is 27.7 Å². The Hall–Kier alpha value is -0.780. The highest BCUT2D eigenvalue weighted by Crippen LogP contribution is 2.20. The normalized spacial score (nSPS) is 13.8. The van der Waals surface area contributed by atoms with Crippen molar-refractivity contribution >= 4 is 29.2 Å². The van der Waals surface area contributed by atoms with Crippen molar-refractivity contribution in [3.63, 3.8) is 0 Å². The Kier molecular flexibility index (Phi) is 6.10. The second-order valence-corrected chi connectivity index (χ2v) is 7.20. The van der Waals surface area contributed by atoms with Crippen LogP contribution in [0.25, 0.3) is 0 Å². The average Bonchev–Trinajstić information content (AvgIpc) is 2.31. The summed E-state index contributed by atoms with van der Waals surface area (Å²) in [5, 5.41) is 0.0643. The van der Waals surface area contributed by atoms with Crippen LogP contribution < -0.4 is 4.74 Å². The molecule has 0 aliphatic carbocycles. The molecule has 0 heterocycles. The Labute approximate surface area is 121 Å². The lowest BCUT2D eigenvalue weighted by atomic mass is 10.3. The first-order chi connectivity index (χ1) is 8.80. The number of nitrogens with zero attached hydrogens (tertiary/aromatic N) is 1. The minimum absolute atomic E-state index is 0.0643. The molecule has 0 aliphatic heterocycles. The quantitative estimate of drug-likeness (QED) is 0.472. The zero-order valence-corrected chi connectivity index (χ0v) is 12.7. The maximum Gasteiger partial charge on any atom is 0.145 e. The van der Waals surface area contributed by atoms with Gasteiger partial charge < -0.3 is 9.29 Å². The molecule has 0 spiro atoms. The van der Waals surface area contributed by atoms with Gasteiger partial charge in [0.15, 0.2) is 0 Å². The van der Waals surface area contributed by atoms with Gasteiger partial charge in [-0.3, -0.25) is 0 Å². The first-order valence-corrected chi connectivity index (χ1v) is 7.31. The molecule has 0 radical (unpaired) electrons. The molecule has 0 saturated carbocycles. The highest BCUT2D eigenvalue weighted by molar-refractivity contribution is 7.91. The van der Waals surface area contributed by atoms with Gasteiger partial charge in [-0.05, 0) is 32.9 Å². The van der Waals surface area contributed by atoms with Crippen molar-refractivity contribution in [1.29, 1.82) is 0 Å². The molecular weight excluding hydrogens is 289 g/mol. The molecular formula is C13H17ClFNO2S. The van der Waals surface area contributed by atoms with Crippen LogP contribution in [0.15, 0.2) is 22.6 Å². The van der Waals surface area contributed by atoms with Gasteiger partial charge in [0.05, 0.1) is 17.8 Å². The van der Waals surface area contributed by atoms with E-state index in [9.17, 15) is 8.94 Å². The fourth-order valence-electron chi connectivity index (χ4n) is 1.07. The van der Waals surface area contributed by atoms with Gasteiger partial charge >= 0.3 is 0 Å². The van der Waals surface area contributed by atoms with Gasteiger partial charge in [-0.25, -0.2) is 4.39 Å². The zero-order chi connectivity index (χ0) is 14.5. The lowest BCUT2D eigenvalue weighted by molar-refractivity contribution is 0.328. The molecule has 0 aliphatic rings. The van der Waals surface area contributed by atoms with E-state index in [-0.39, 0.29) is 9.77 Å². The topological polar surface area (TPSA) is 44.7 Å². The smallest absolute Gasteiger partial charge is 0.145 e. The third-order valence-corrected chi connectivity index (χ3v) is 3.80. The van der Waals surface area contributed by atoms with Crippen LogP contribution in [0.1, 0.15) is 27.2 Å². The molecule has 19 heavy (non-hydrogen) atoms. The minimum atomic E-state index is -1.26. The lowest BCUT2D eigenvalue weighted by Crippen LogP contribution is -2.25. The number of rotatable bonds is 5. The Balaban J connectivity index is 2.35. The highest BCUT2D eigenvalue weighted by atomic mass is 35.5. The summed E-state index contributed by atoms with van der Waals surface area (Å²) in [6, 6.07) is 4.26. The summed E-state index contributed by atoms with van der Waals surface area (Å²) in [5.74, 6) is -0.103. The third kappa shape index (κ3) is 5.80. The minimum Gasteiger partial charge on any atom is -0.591 e. The van der Waals surface area contributed by atoms with E-state index in [1.54, 1.807) is 12.3 Å². The number of hydrogen-bond acceptors (Lipinski definition) is 3. The molecule has 0 bridgehead atoms. The van der Waals surface area contributed by atoms with Crippen LogP contribution in [0.5, 0.6) is 5.75 Å². The summed E-state index contributed by atoms with van der Waals surface area (Å²) >= 11 is 4.30. The molecule has 1 aromatic carbocycles. The van der Waals surface area contributed by atoms with Crippen LogP contribution in [-0.2, 0) is 11.4 Å². The first-order valence-electron chi connectivity index (χ1n) is 5.83. The van der Waals surface area contributed by atoms with Crippen LogP contribution in [0.4, 0.5) is 4.39 Å².